The second-order valence-electron chi connectivity index (χ2n) is 1.81. The first-order valence-electron chi connectivity index (χ1n) is 2.78. The number of rotatable bonds is 2. The molecule has 1 heterocycles. The highest BCUT2D eigenvalue weighted by molar-refractivity contribution is 5.57. The molecule has 2 heteroatoms. The van der Waals surface area contributed by atoms with Crippen LogP contribution in [0.1, 0.15) is 7.43 Å². The van der Waals surface area contributed by atoms with Crippen LogP contribution < -0.4 is 0 Å². The second kappa shape index (κ2) is 4.13. The average Bonchev–Trinajstić information content (AvgIpc) is 2.19. The van der Waals surface area contributed by atoms with E-state index in [1.54, 1.807) is 0 Å². The van der Waals surface area contributed by atoms with Crippen molar-refractivity contribution < 1.29 is 0 Å². The van der Waals surface area contributed by atoms with Crippen molar-refractivity contribution in [1.29, 1.82) is 0 Å². The molecule has 0 aromatic carbocycles. The van der Waals surface area contributed by atoms with Crippen LogP contribution >= 0.6 is 0 Å². The van der Waals surface area contributed by atoms with Gasteiger partial charge in [-0.15, -0.1) is 6.58 Å². The van der Waals surface area contributed by atoms with E-state index in [2.05, 4.69) is 16.5 Å². The highest BCUT2D eigenvalue weighted by Gasteiger charge is 1.99. The highest BCUT2D eigenvalue weighted by Crippen LogP contribution is 1.90. The van der Waals surface area contributed by atoms with E-state index >= 15 is 0 Å². The van der Waals surface area contributed by atoms with E-state index in [-0.39, 0.29) is 7.43 Å². The Morgan fingerprint density at radius 3 is 3.00 bits per heavy atom. The summed E-state index contributed by atoms with van der Waals surface area (Å²) in [7, 11) is 0. The molecule has 1 rings (SSSR count). The third-order valence-electron chi connectivity index (χ3n) is 1.12. The predicted octanol–water partition coefficient (Wildman–Crippen LogP) is 1.15. The minimum absolute atomic E-state index is 0. The smallest absolute Gasteiger partial charge is 0.0854 e. The van der Waals surface area contributed by atoms with Crippen molar-refractivity contribution >= 4 is 6.34 Å². The zero-order valence-electron chi connectivity index (χ0n) is 4.88. The molecule has 0 radical (unpaired) electrons. The van der Waals surface area contributed by atoms with Crippen molar-refractivity contribution in [1.82, 2.24) is 4.90 Å². The summed E-state index contributed by atoms with van der Waals surface area (Å²) in [5.41, 5.74) is 0. The molecule has 2 nitrogen and oxygen atoms in total. The summed E-state index contributed by atoms with van der Waals surface area (Å²) in [4.78, 5) is 6.17. The van der Waals surface area contributed by atoms with E-state index < -0.39 is 0 Å². The molecule has 9 heavy (non-hydrogen) atoms. The van der Waals surface area contributed by atoms with Crippen molar-refractivity contribution in [3.63, 3.8) is 0 Å². The molecule has 0 spiro atoms. The molecule has 0 amide bonds. The Morgan fingerprint density at radius 1 is 1.78 bits per heavy atom. The Balaban J connectivity index is 0.000000640. The van der Waals surface area contributed by atoms with Crippen LogP contribution in [0.3, 0.4) is 0 Å². The summed E-state index contributed by atoms with van der Waals surface area (Å²) in [5.74, 6) is 0. The fourth-order valence-corrected chi connectivity index (χ4v) is 0.721. The first kappa shape index (κ1) is 8.21. The zero-order valence-corrected chi connectivity index (χ0v) is 4.88. The molecule has 0 bridgehead atoms. The maximum absolute atomic E-state index is 4.04. The SMILES string of the molecule is C.C=CCN1C=NCC1. The third-order valence-corrected chi connectivity index (χ3v) is 1.12. The maximum atomic E-state index is 4.04. The molecule has 0 atom stereocenters. The molecular weight excluding hydrogens is 112 g/mol. The lowest BCUT2D eigenvalue weighted by molar-refractivity contribution is 0.519. The van der Waals surface area contributed by atoms with Gasteiger partial charge in [0.25, 0.3) is 0 Å². The van der Waals surface area contributed by atoms with Crippen LogP contribution in [0.5, 0.6) is 0 Å². The number of nitrogens with zero attached hydrogens (tertiary/aromatic N) is 2. The van der Waals surface area contributed by atoms with Crippen molar-refractivity contribution in [3.8, 4) is 0 Å². The number of aliphatic imine (C=N–C) groups is 1. The summed E-state index contributed by atoms with van der Waals surface area (Å²) in [6, 6.07) is 0. The lowest BCUT2D eigenvalue weighted by Gasteiger charge is -2.08. The molecule has 52 valence electrons. The molecule has 0 aromatic rings. The summed E-state index contributed by atoms with van der Waals surface area (Å²) in [6.07, 6.45) is 3.76. The normalized spacial score (nSPS) is 15.3. The van der Waals surface area contributed by atoms with Crippen LogP contribution in [0, 0.1) is 0 Å². The van der Waals surface area contributed by atoms with Gasteiger partial charge >= 0.3 is 0 Å². The Morgan fingerprint density at radius 2 is 2.56 bits per heavy atom. The van der Waals surface area contributed by atoms with E-state index in [0.29, 0.717) is 0 Å². The number of hydrogen-bond acceptors (Lipinski definition) is 2. The van der Waals surface area contributed by atoms with E-state index in [1.807, 2.05) is 12.4 Å². The topological polar surface area (TPSA) is 15.6 Å². The van der Waals surface area contributed by atoms with E-state index in [9.17, 15) is 0 Å². The van der Waals surface area contributed by atoms with Gasteiger partial charge in [0.2, 0.25) is 0 Å². The lowest BCUT2D eigenvalue weighted by atomic mass is 10.5. The Labute approximate surface area is 56.9 Å². The standard InChI is InChI=1S/C6H10N2.CH4/c1-2-4-8-5-3-7-6-8;/h2,6H,1,3-5H2;1H4. The van der Waals surface area contributed by atoms with Crippen molar-refractivity contribution in [2.24, 2.45) is 4.99 Å². The van der Waals surface area contributed by atoms with Gasteiger partial charge in [-0.05, 0) is 0 Å². The molecule has 1 aliphatic rings. The minimum atomic E-state index is 0. The average molecular weight is 126 g/mol. The van der Waals surface area contributed by atoms with Crippen LogP contribution in [-0.4, -0.2) is 30.9 Å². The molecule has 0 unspecified atom stereocenters. The maximum Gasteiger partial charge on any atom is 0.0854 e. The van der Waals surface area contributed by atoms with Crippen molar-refractivity contribution in [3.05, 3.63) is 12.7 Å². The molecule has 0 fully saturated rings. The van der Waals surface area contributed by atoms with Gasteiger partial charge in [-0.1, -0.05) is 13.5 Å². The Kier molecular flexibility index (Phi) is 3.76. The monoisotopic (exact) mass is 126 g/mol. The first-order chi connectivity index (χ1) is 3.93. The molecule has 0 aliphatic carbocycles. The summed E-state index contributed by atoms with van der Waals surface area (Å²) in [5, 5.41) is 0. The lowest BCUT2D eigenvalue weighted by Crippen LogP contribution is -2.18. The van der Waals surface area contributed by atoms with Gasteiger partial charge in [0.05, 0.1) is 12.9 Å². The zero-order chi connectivity index (χ0) is 5.82. The van der Waals surface area contributed by atoms with Crippen LogP contribution in [0.2, 0.25) is 0 Å². The number of hydrogen-bond donors (Lipinski definition) is 0. The van der Waals surface area contributed by atoms with Gasteiger partial charge in [-0.2, -0.15) is 0 Å². The largest absolute Gasteiger partial charge is 0.357 e. The predicted molar refractivity (Wildman–Crippen MR) is 41.9 cm³/mol. The Hall–Kier alpha value is -0.790. The van der Waals surface area contributed by atoms with Gasteiger partial charge < -0.3 is 4.90 Å². The quantitative estimate of drug-likeness (QED) is 0.507. The van der Waals surface area contributed by atoms with Crippen molar-refractivity contribution in [2.75, 3.05) is 19.6 Å². The molecule has 0 saturated heterocycles. The summed E-state index contributed by atoms with van der Waals surface area (Å²) in [6.45, 7) is 6.57. The second-order valence-corrected chi connectivity index (χ2v) is 1.81. The van der Waals surface area contributed by atoms with Gasteiger partial charge in [0.1, 0.15) is 0 Å². The van der Waals surface area contributed by atoms with Gasteiger partial charge in [-0.3, -0.25) is 4.99 Å². The molecule has 0 aromatic heterocycles. The van der Waals surface area contributed by atoms with Crippen LogP contribution in [0.4, 0.5) is 0 Å². The van der Waals surface area contributed by atoms with Crippen LogP contribution in [0.15, 0.2) is 17.6 Å². The van der Waals surface area contributed by atoms with E-state index in [4.69, 9.17) is 0 Å². The summed E-state index contributed by atoms with van der Waals surface area (Å²) >= 11 is 0. The highest BCUT2D eigenvalue weighted by atomic mass is 15.2. The molecular formula is C7H14N2. The fourth-order valence-electron chi connectivity index (χ4n) is 0.721. The first-order valence-corrected chi connectivity index (χ1v) is 2.78. The summed E-state index contributed by atoms with van der Waals surface area (Å²) < 4.78 is 0. The van der Waals surface area contributed by atoms with Gasteiger partial charge in [-0.25, -0.2) is 0 Å². The molecule has 0 saturated carbocycles. The third kappa shape index (κ3) is 2.31. The van der Waals surface area contributed by atoms with Gasteiger partial charge in [0.15, 0.2) is 0 Å². The minimum Gasteiger partial charge on any atom is -0.357 e. The van der Waals surface area contributed by atoms with Crippen LogP contribution in [-0.2, 0) is 0 Å². The van der Waals surface area contributed by atoms with Crippen LogP contribution in [0.25, 0.3) is 0 Å². The fraction of sp³-hybridized carbons (Fsp3) is 0.571. The Bertz CT molecular complexity index is 107. The van der Waals surface area contributed by atoms with Crippen molar-refractivity contribution in [2.45, 2.75) is 7.43 Å². The van der Waals surface area contributed by atoms with E-state index in [0.717, 1.165) is 19.6 Å². The van der Waals surface area contributed by atoms with E-state index in [1.165, 1.54) is 0 Å². The van der Waals surface area contributed by atoms with Gasteiger partial charge in [0, 0.05) is 13.1 Å². The molecule has 0 N–H and O–H groups in total. The molecule has 1 aliphatic heterocycles.